The van der Waals surface area contributed by atoms with E-state index in [1.165, 1.54) is 0 Å². The van der Waals surface area contributed by atoms with Gasteiger partial charge in [0.15, 0.2) is 0 Å². The van der Waals surface area contributed by atoms with Crippen molar-refractivity contribution in [3.05, 3.63) is 34.2 Å². The maximum Gasteiger partial charge on any atom is 0.141 e. The molecule has 0 fully saturated rings. The summed E-state index contributed by atoms with van der Waals surface area (Å²) in [6.45, 7) is 2.63. The Bertz CT molecular complexity index is 535. The zero-order valence-corrected chi connectivity index (χ0v) is 11.3. The van der Waals surface area contributed by atoms with Gasteiger partial charge in [0.25, 0.3) is 0 Å². The van der Waals surface area contributed by atoms with Crippen LogP contribution in [0.25, 0.3) is 0 Å². The van der Waals surface area contributed by atoms with Gasteiger partial charge < -0.3 is 11.1 Å². The van der Waals surface area contributed by atoms with Gasteiger partial charge in [-0.2, -0.15) is 5.10 Å². The highest BCUT2D eigenvalue weighted by molar-refractivity contribution is 9.10. The smallest absolute Gasteiger partial charge is 0.141 e. The van der Waals surface area contributed by atoms with Gasteiger partial charge in [-0.3, -0.25) is 4.68 Å². The fraction of sp³-hybridized carbons (Fsp3) is 0.273. The number of hydrogen-bond acceptors (Lipinski definition) is 4. The van der Waals surface area contributed by atoms with Gasteiger partial charge in [-0.05, 0) is 34.5 Å². The van der Waals surface area contributed by atoms with Crippen molar-refractivity contribution in [1.29, 1.82) is 0 Å². The summed E-state index contributed by atoms with van der Waals surface area (Å²) in [5.74, 6) is 0.790. The molecule has 5 nitrogen and oxygen atoms in total. The molecule has 0 aromatic carbocycles. The van der Waals surface area contributed by atoms with Crippen molar-refractivity contribution in [3.63, 3.8) is 0 Å². The lowest BCUT2D eigenvalue weighted by atomic mass is 10.2. The number of nitrogens with zero attached hydrogens (tertiary/aromatic N) is 3. The molecule has 0 atom stereocenters. The molecule has 0 saturated carbocycles. The topological polar surface area (TPSA) is 68.8 Å². The lowest BCUT2D eigenvalue weighted by Gasteiger charge is -2.10. The normalized spacial score (nSPS) is 10.5. The van der Waals surface area contributed by atoms with E-state index in [9.17, 15) is 0 Å². The molecular formula is C11H14BrN5. The molecule has 0 saturated heterocycles. The summed E-state index contributed by atoms with van der Waals surface area (Å²) in [6.07, 6.45) is 3.43. The average molecular weight is 296 g/mol. The Balaban J connectivity index is 2.15. The van der Waals surface area contributed by atoms with Crippen molar-refractivity contribution >= 4 is 27.4 Å². The molecule has 3 N–H and O–H groups in total. The van der Waals surface area contributed by atoms with Crippen LogP contribution in [0.4, 0.5) is 11.5 Å². The SMILES string of the molecule is Cc1c(N)cnc(NCc2ccnn2C)c1Br. The lowest BCUT2D eigenvalue weighted by Crippen LogP contribution is -2.08. The summed E-state index contributed by atoms with van der Waals surface area (Å²) in [5.41, 5.74) is 8.54. The first-order valence-electron chi connectivity index (χ1n) is 5.21. The molecule has 2 aromatic heterocycles. The predicted molar refractivity (Wildman–Crippen MR) is 71.6 cm³/mol. The van der Waals surface area contributed by atoms with Gasteiger partial charge in [0.1, 0.15) is 5.82 Å². The van der Waals surface area contributed by atoms with E-state index in [0.29, 0.717) is 12.2 Å². The number of aromatic nitrogens is 3. The van der Waals surface area contributed by atoms with E-state index in [2.05, 4.69) is 31.3 Å². The minimum absolute atomic E-state index is 0.672. The third-order valence-electron chi connectivity index (χ3n) is 2.66. The number of nitrogen functional groups attached to an aromatic ring is 1. The molecule has 0 aliphatic carbocycles. The summed E-state index contributed by atoms with van der Waals surface area (Å²) in [4.78, 5) is 4.26. The van der Waals surface area contributed by atoms with E-state index >= 15 is 0 Å². The van der Waals surface area contributed by atoms with E-state index in [1.807, 2.05) is 24.7 Å². The first-order chi connectivity index (χ1) is 8.09. The molecule has 90 valence electrons. The molecule has 2 heterocycles. The molecule has 0 aliphatic heterocycles. The third kappa shape index (κ3) is 2.41. The second-order valence-electron chi connectivity index (χ2n) is 3.80. The number of aryl methyl sites for hydroxylation is 1. The van der Waals surface area contributed by atoms with Gasteiger partial charge in [0.2, 0.25) is 0 Å². The zero-order chi connectivity index (χ0) is 12.4. The van der Waals surface area contributed by atoms with E-state index in [1.54, 1.807) is 12.4 Å². The number of nitrogens with one attached hydrogen (secondary N) is 1. The molecular weight excluding hydrogens is 282 g/mol. The van der Waals surface area contributed by atoms with Gasteiger partial charge in [-0.25, -0.2) is 4.98 Å². The highest BCUT2D eigenvalue weighted by Crippen LogP contribution is 2.27. The van der Waals surface area contributed by atoms with Crippen molar-refractivity contribution in [2.75, 3.05) is 11.1 Å². The minimum Gasteiger partial charge on any atom is -0.397 e. The standard InChI is InChI=1S/C11H14BrN5/c1-7-9(13)6-15-11(10(7)12)14-5-8-3-4-16-17(8)2/h3-4,6H,5,13H2,1-2H3,(H,14,15). The zero-order valence-electron chi connectivity index (χ0n) is 9.74. The Morgan fingerprint density at radius 2 is 2.29 bits per heavy atom. The number of hydrogen-bond donors (Lipinski definition) is 2. The number of nitrogens with two attached hydrogens (primary N) is 1. The first-order valence-corrected chi connectivity index (χ1v) is 6.00. The monoisotopic (exact) mass is 295 g/mol. The molecule has 2 rings (SSSR count). The van der Waals surface area contributed by atoms with Crippen LogP contribution in [0.5, 0.6) is 0 Å². The van der Waals surface area contributed by atoms with Crippen molar-refractivity contribution in [2.45, 2.75) is 13.5 Å². The summed E-state index contributed by atoms with van der Waals surface area (Å²) < 4.78 is 2.73. The fourth-order valence-electron chi connectivity index (χ4n) is 1.46. The first kappa shape index (κ1) is 11.9. The van der Waals surface area contributed by atoms with Crippen LogP contribution in [0.1, 0.15) is 11.3 Å². The van der Waals surface area contributed by atoms with Crippen LogP contribution in [0.2, 0.25) is 0 Å². The van der Waals surface area contributed by atoms with Crippen LogP contribution in [-0.2, 0) is 13.6 Å². The number of pyridine rings is 1. The molecule has 6 heteroatoms. The van der Waals surface area contributed by atoms with Crippen molar-refractivity contribution in [3.8, 4) is 0 Å². The Labute approximate surface area is 108 Å². The van der Waals surface area contributed by atoms with Crippen LogP contribution < -0.4 is 11.1 Å². The quantitative estimate of drug-likeness (QED) is 0.910. The van der Waals surface area contributed by atoms with Crippen molar-refractivity contribution in [2.24, 2.45) is 7.05 Å². The Kier molecular flexibility index (Phi) is 3.33. The molecule has 17 heavy (non-hydrogen) atoms. The average Bonchev–Trinajstić information content (AvgIpc) is 2.71. The molecule has 0 unspecified atom stereocenters. The number of rotatable bonds is 3. The van der Waals surface area contributed by atoms with Gasteiger partial charge in [0.05, 0.1) is 28.6 Å². The van der Waals surface area contributed by atoms with Crippen LogP contribution in [0.15, 0.2) is 22.9 Å². The van der Waals surface area contributed by atoms with Crippen LogP contribution >= 0.6 is 15.9 Å². The molecule has 0 radical (unpaired) electrons. The van der Waals surface area contributed by atoms with E-state index < -0.39 is 0 Å². The molecule has 0 bridgehead atoms. The van der Waals surface area contributed by atoms with Gasteiger partial charge in [-0.15, -0.1) is 0 Å². The van der Waals surface area contributed by atoms with Crippen LogP contribution in [0.3, 0.4) is 0 Å². The van der Waals surface area contributed by atoms with Crippen molar-refractivity contribution in [1.82, 2.24) is 14.8 Å². The Hall–Kier alpha value is -1.56. The molecule has 0 spiro atoms. The predicted octanol–water partition coefficient (Wildman–Crippen LogP) is 2.08. The van der Waals surface area contributed by atoms with Gasteiger partial charge in [-0.1, -0.05) is 0 Å². The number of halogens is 1. The second-order valence-corrected chi connectivity index (χ2v) is 4.59. The van der Waals surface area contributed by atoms with Gasteiger partial charge in [0, 0.05) is 13.2 Å². The highest BCUT2D eigenvalue weighted by Gasteiger charge is 2.07. The second kappa shape index (κ2) is 4.75. The van der Waals surface area contributed by atoms with Gasteiger partial charge >= 0.3 is 0 Å². The molecule has 0 amide bonds. The highest BCUT2D eigenvalue weighted by atomic mass is 79.9. The largest absolute Gasteiger partial charge is 0.397 e. The van der Waals surface area contributed by atoms with Crippen molar-refractivity contribution < 1.29 is 0 Å². The summed E-state index contributed by atoms with van der Waals surface area (Å²) in [6, 6.07) is 1.96. The summed E-state index contributed by atoms with van der Waals surface area (Å²) in [7, 11) is 1.91. The van der Waals surface area contributed by atoms with Crippen LogP contribution in [0, 0.1) is 6.92 Å². The molecule has 2 aromatic rings. The fourth-order valence-corrected chi connectivity index (χ4v) is 1.94. The lowest BCUT2D eigenvalue weighted by molar-refractivity contribution is 0.720. The van der Waals surface area contributed by atoms with E-state index in [0.717, 1.165) is 21.5 Å². The maximum atomic E-state index is 5.77. The van der Waals surface area contributed by atoms with E-state index in [4.69, 9.17) is 5.73 Å². The summed E-state index contributed by atoms with van der Waals surface area (Å²) >= 11 is 3.49. The summed E-state index contributed by atoms with van der Waals surface area (Å²) in [5, 5.41) is 7.36. The third-order valence-corrected chi connectivity index (χ3v) is 3.63. The molecule has 0 aliphatic rings. The Morgan fingerprint density at radius 3 is 2.94 bits per heavy atom. The van der Waals surface area contributed by atoms with E-state index in [-0.39, 0.29) is 0 Å². The Morgan fingerprint density at radius 1 is 1.53 bits per heavy atom. The maximum absolute atomic E-state index is 5.77. The number of anilines is 2. The minimum atomic E-state index is 0.672. The van der Waals surface area contributed by atoms with Crippen LogP contribution in [-0.4, -0.2) is 14.8 Å².